The van der Waals surface area contributed by atoms with E-state index in [9.17, 15) is 9.59 Å². The van der Waals surface area contributed by atoms with Gasteiger partial charge in [-0.2, -0.15) is 0 Å². The van der Waals surface area contributed by atoms with E-state index >= 15 is 0 Å². The molecule has 0 radical (unpaired) electrons. The SMILES string of the molecule is CCCC[n+]1cc[nH]c1.O=C(O)c1ccc(C(=O)O)cc1. The molecule has 1 aromatic heterocycles. The first-order valence-electron chi connectivity index (χ1n) is 6.63. The summed E-state index contributed by atoms with van der Waals surface area (Å²) in [5.41, 5.74) is 0.167. The van der Waals surface area contributed by atoms with Gasteiger partial charge in [-0.1, -0.05) is 13.3 Å². The van der Waals surface area contributed by atoms with Gasteiger partial charge in [-0.15, -0.1) is 0 Å². The number of carboxylic acid groups (broad SMARTS) is 2. The van der Waals surface area contributed by atoms with Crippen molar-refractivity contribution in [3.63, 3.8) is 0 Å². The third-order valence-corrected chi connectivity index (χ3v) is 2.75. The van der Waals surface area contributed by atoms with E-state index in [1.807, 2.05) is 12.5 Å². The summed E-state index contributed by atoms with van der Waals surface area (Å²) in [6, 6.07) is 5.02. The molecular weight excluding hydrogens is 272 g/mol. The van der Waals surface area contributed by atoms with E-state index in [0.29, 0.717) is 0 Å². The first kappa shape index (κ1) is 16.4. The predicted molar refractivity (Wildman–Crippen MR) is 76.3 cm³/mol. The number of nitrogens with zero attached hydrogens (tertiary/aromatic N) is 1. The molecule has 0 saturated carbocycles. The number of benzene rings is 1. The molecule has 6 heteroatoms. The predicted octanol–water partition coefficient (Wildman–Crippen LogP) is 2.19. The van der Waals surface area contributed by atoms with Crippen molar-refractivity contribution in [1.82, 2.24) is 4.98 Å². The summed E-state index contributed by atoms with van der Waals surface area (Å²) >= 11 is 0. The lowest BCUT2D eigenvalue weighted by Crippen LogP contribution is -2.29. The summed E-state index contributed by atoms with van der Waals surface area (Å²) in [6.45, 7) is 3.34. The summed E-state index contributed by atoms with van der Waals surface area (Å²) in [6.07, 6.45) is 8.50. The van der Waals surface area contributed by atoms with Gasteiger partial charge in [-0.05, 0) is 30.7 Å². The van der Waals surface area contributed by atoms with Gasteiger partial charge in [0.25, 0.3) is 0 Å². The molecular formula is C15H19N2O4+. The van der Waals surface area contributed by atoms with Crippen molar-refractivity contribution in [2.45, 2.75) is 26.3 Å². The summed E-state index contributed by atoms with van der Waals surface area (Å²) < 4.78 is 2.16. The number of aryl methyl sites for hydroxylation is 1. The molecule has 0 fully saturated rings. The molecule has 1 heterocycles. The van der Waals surface area contributed by atoms with Crippen LogP contribution in [0.3, 0.4) is 0 Å². The Morgan fingerprint density at radius 1 is 1.10 bits per heavy atom. The van der Waals surface area contributed by atoms with Crippen LogP contribution in [0.4, 0.5) is 0 Å². The van der Waals surface area contributed by atoms with Gasteiger partial charge in [0.2, 0.25) is 6.33 Å². The van der Waals surface area contributed by atoms with Crippen LogP contribution in [0.15, 0.2) is 43.0 Å². The average Bonchev–Trinajstić information content (AvgIpc) is 2.99. The summed E-state index contributed by atoms with van der Waals surface area (Å²) in [5, 5.41) is 16.9. The summed E-state index contributed by atoms with van der Waals surface area (Å²) in [4.78, 5) is 23.7. The maximum atomic E-state index is 10.3. The maximum Gasteiger partial charge on any atom is 0.335 e. The largest absolute Gasteiger partial charge is 0.478 e. The molecule has 0 unspecified atom stereocenters. The molecule has 21 heavy (non-hydrogen) atoms. The monoisotopic (exact) mass is 291 g/mol. The van der Waals surface area contributed by atoms with Crippen LogP contribution in [0, 0.1) is 0 Å². The molecule has 0 amide bonds. The Hall–Kier alpha value is -2.63. The number of hydrogen-bond acceptors (Lipinski definition) is 2. The molecule has 2 aromatic rings. The zero-order valence-electron chi connectivity index (χ0n) is 11.8. The van der Waals surface area contributed by atoms with Crippen LogP contribution < -0.4 is 4.57 Å². The minimum absolute atomic E-state index is 0.0833. The lowest BCUT2D eigenvalue weighted by Gasteiger charge is -1.94. The third kappa shape index (κ3) is 5.90. The number of aromatic nitrogens is 2. The Morgan fingerprint density at radius 2 is 1.62 bits per heavy atom. The second-order valence-corrected chi connectivity index (χ2v) is 4.39. The van der Waals surface area contributed by atoms with Crippen LogP contribution in [-0.2, 0) is 6.54 Å². The van der Waals surface area contributed by atoms with Crippen LogP contribution in [0.5, 0.6) is 0 Å². The van der Waals surface area contributed by atoms with Crippen molar-refractivity contribution >= 4 is 11.9 Å². The Bertz CT molecular complexity index is 529. The summed E-state index contributed by atoms with van der Waals surface area (Å²) in [7, 11) is 0. The lowest BCUT2D eigenvalue weighted by molar-refractivity contribution is -0.696. The van der Waals surface area contributed by atoms with Crippen molar-refractivity contribution in [2.75, 3.05) is 0 Å². The second-order valence-electron chi connectivity index (χ2n) is 4.39. The number of aromatic carboxylic acids is 2. The summed E-state index contributed by atoms with van der Waals surface area (Å²) in [5.74, 6) is -2.13. The highest BCUT2D eigenvalue weighted by molar-refractivity contribution is 5.91. The van der Waals surface area contributed by atoms with E-state index in [0.717, 1.165) is 6.54 Å². The van der Waals surface area contributed by atoms with Gasteiger partial charge in [0.1, 0.15) is 12.4 Å². The van der Waals surface area contributed by atoms with E-state index in [1.54, 1.807) is 0 Å². The minimum Gasteiger partial charge on any atom is -0.478 e. The molecule has 3 N–H and O–H groups in total. The molecule has 2 rings (SSSR count). The molecule has 0 aliphatic carbocycles. The van der Waals surface area contributed by atoms with E-state index in [-0.39, 0.29) is 11.1 Å². The molecule has 6 nitrogen and oxygen atoms in total. The molecule has 112 valence electrons. The van der Waals surface area contributed by atoms with E-state index < -0.39 is 11.9 Å². The number of nitrogens with one attached hydrogen (secondary N) is 1. The third-order valence-electron chi connectivity index (χ3n) is 2.75. The van der Waals surface area contributed by atoms with Gasteiger partial charge in [-0.3, -0.25) is 4.98 Å². The number of rotatable bonds is 5. The van der Waals surface area contributed by atoms with Crippen molar-refractivity contribution in [3.8, 4) is 0 Å². The number of carbonyl (C=O) groups is 2. The van der Waals surface area contributed by atoms with Crippen molar-refractivity contribution in [2.24, 2.45) is 0 Å². The van der Waals surface area contributed by atoms with Crippen molar-refractivity contribution in [3.05, 3.63) is 54.1 Å². The van der Waals surface area contributed by atoms with Gasteiger partial charge < -0.3 is 10.2 Å². The van der Waals surface area contributed by atoms with Crippen LogP contribution in [0.1, 0.15) is 40.5 Å². The number of H-pyrrole nitrogens is 1. The zero-order chi connectivity index (χ0) is 15.7. The maximum absolute atomic E-state index is 10.3. The number of aromatic amines is 1. The first-order valence-corrected chi connectivity index (χ1v) is 6.63. The van der Waals surface area contributed by atoms with Gasteiger partial charge >= 0.3 is 11.9 Å². The van der Waals surface area contributed by atoms with Gasteiger partial charge in [-0.25, -0.2) is 14.2 Å². The van der Waals surface area contributed by atoms with E-state index in [4.69, 9.17) is 10.2 Å². The highest BCUT2D eigenvalue weighted by Crippen LogP contribution is 2.03. The smallest absolute Gasteiger partial charge is 0.335 e. The Labute approximate surface area is 122 Å². The van der Waals surface area contributed by atoms with E-state index in [1.165, 1.54) is 37.1 Å². The highest BCUT2D eigenvalue weighted by atomic mass is 16.4. The van der Waals surface area contributed by atoms with Crippen LogP contribution in [0.25, 0.3) is 0 Å². The molecule has 0 spiro atoms. The fourth-order valence-corrected chi connectivity index (χ4v) is 1.56. The van der Waals surface area contributed by atoms with Gasteiger partial charge in [0.05, 0.1) is 17.7 Å². The highest BCUT2D eigenvalue weighted by Gasteiger charge is 2.04. The Kier molecular flexibility index (Phi) is 6.67. The topological polar surface area (TPSA) is 94.3 Å². The van der Waals surface area contributed by atoms with Crippen LogP contribution in [-0.4, -0.2) is 27.1 Å². The van der Waals surface area contributed by atoms with Crippen LogP contribution in [0.2, 0.25) is 0 Å². The second kappa shape index (κ2) is 8.52. The van der Waals surface area contributed by atoms with Crippen molar-refractivity contribution in [1.29, 1.82) is 0 Å². The van der Waals surface area contributed by atoms with E-state index in [2.05, 4.69) is 22.7 Å². The molecule has 0 bridgehead atoms. The van der Waals surface area contributed by atoms with Gasteiger partial charge in [0, 0.05) is 0 Å². The Balaban J connectivity index is 0.000000219. The van der Waals surface area contributed by atoms with Crippen molar-refractivity contribution < 1.29 is 24.4 Å². The number of carboxylic acids is 2. The van der Waals surface area contributed by atoms with Gasteiger partial charge in [0.15, 0.2) is 0 Å². The Morgan fingerprint density at radius 3 is 1.95 bits per heavy atom. The molecule has 0 atom stereocenters. The number of unbranched alkanes of at least 4 members (excludes halogenated alkanes) is 1. The quantitative estimate of drug-likeness (QED) is 0.736. The first-order chi connectivity index (χ1) is 10.0. The standard InChI is InChI=1S/C8H6O4.C7H12N2/c9-7(10)5-1-2-6(4-3-5)8(11)12;1-2-3-5-9-6-4-8-7-9/h1-4H,(H,9,10)(H,11,12);4,6-7H,2-3,5H2,1H3/p+1. The average molecular weight is 291 g/mol. The minimum atomic E-state index is -1.06. The molecule has 1 aromatic carbocycles. The fraction of sp³-hybridized carbons (Fsp3) is 0.267. The van der Waals surface area contributed by atoms with Crippen LogP contribution >= 0.6 is 0 Å². The number of imidazole rings is 1. The molecule has 0 saturated heterocycles. The number of hydrogen-bond donors (Lipinski definition) is 3. The fourth-order valence-electron chi connectivity index (χ4n) is 1.56. The zero-order valence-corrected chi connectivity index (χ0v) is 11.8. The molecule has 0 aliphatic heterocycles. The normalized spacial score (nSPS) is 9.57. The lowest BCUT2D eigenvalue weighted by atomic mass is 10.1. The molecule has 0 aliphatic rings.